The normalized spacial score (nSPS) is 22.8. The third-order valence-corrected chi connectivity index (χ3v) is 2.90. The molecular formula is C11H21N3O2. The lowest BCUT2D eigenvalue weighted by atomic mass is 10.0. The molecule has 1 aliphatic rings. The highest BCUT2D eigenvalue weighted by atomic mass is 16.2. The van der Waals surface area contributed by atoms with Crippen molar-refractivity contribution in [3.05, 3.63) is 0 Å². The van der Waals surface area contributed by atoms with Crippen LogP contribution >= 0.6 is 0 Å². The zero-order valence-electron chi connectivity index (χ0n) is 9.95. The summed E-state index contributed by atoms with van der Waals surface area (Å²) in [5, 5.41) is 5.45. The number of nitrogens with two attached hydrogens (primary N) is 1. The summed E-state index contributed by atoms with van der Waals surface area (Å²) in [6, 6.07) is -0.521. The molecule has 0 aromatic rings. The quantitative estimate of drug-likeness (QED) is 0.619. The molecule has 1 rings (SSSR count). The first-order chi connectivity index (χ1) is 7.50. The van der Waals surface area contributed by atoms with Crippen LogP contribution in [0.1, 0.15) is 33.1 Å². The van der Waals surface area contributed by atoms with Gasteiger partial charge in [-0.25, -0.2) is 0 Å². The fourth-order valence-corrected chi connectivity index (χ4v) is 1.61. The van der Waals surface area contributed by atoms with Crippen molar-refractivity contribution in [2.45, 2.75) is 45.2 Å². The van der Waals surface area contributed by atoms with E-state index in [0.29, 0.717) is 13.0 Å². The molecule has 2 atom stereocenters. The summed E-state index contributed by atoms with van der Waals surface area (Å²) in [5.74, 6) is 0.0481. The first-order valence-electron chi connectivity index (χ1n) is 5.83. The molecule has 1 fully saturated rings. The van der Waals surface area contributed by atoms with Gasteiger partial charge in [0, 0.05) is 19.0 Å². The molecule has 0 radical (unpaired) electrons. The highest BCUT2D eigenvalue weighted by Crippen LogP contribution is 2.06. The lowest BCUT2D eigenvalue weighted by Crippen LogP contribution is -2.51. The van der Waals surface area contributed by atoms with E-state index in [0.717, 1.165) is 6.42 Å². The maximum absolute atomic E-state index is 11.6. The zero-order valence-corrected chi connectivity index (χ0v) is 9.95. The van der Waals surface area contributed by atoms with Crippen molar-refractivity contribution in [3.8, 4) is 0 Å². The number of hydrogen-bond donors (Lipinski definition) is 3. The molecule has 0 saturated carbocycles. The van der Waals surface area contributed by atoms with Crippen LogP contribution in [0.15, 0.2) is 0 Å². The van der Waals surface area contributed by atoms with E-state index in [4.69, 9.17) is 5.73 Å². The molecule has 5 heteroatoms. The molecule has 4 N–H and O–H groups in total. The van der Waals surface area contributed by atoms with Gasteiger partial charge in [0.2, 0.25) is 11.8 Å². The van der Waals surface area contributed by atoms with Gasteiger partial charge in [-0.2, -0.15) is 0 Å². The topological polar surface area (TPSA) is 84.2 Å². The number of rotatable bonds is 4. The maximum Gasteiger partial charge on any atom is 0.242 e. The van der Waals surface area contributed by atoms with Crippen LogP contribution in [0.25, 0.3) is 0 Å². The molecule has 0 aliphatic carbocycles. The van der Waals surface area contributed by atoms with Crippen LogP contribution in [0.2, 0.25) is 0 Å². The standard InChI is InChI=1S/C11H21N3O2/c1-7(2)8(12)6-10(15)14-9-4-3-5-13-11(9)16/h7-9H,3-6,12H2,1-2H3,(H,13,16)(H,14,15). The van der Waals surface area contributed by atoms with Gasteiger partial charge in [-0.15, -0.1) is 0 Å². The van der Waals surface area contributed by atoms with Crippen molar-refractivity contribution in [1.29, 1.82) is 0 Å². The van der Waals surface area contributed by atoms with Crippen molar-refractivity contribution < 1.29 is 9.59 Å². The van der Waals surface area contributed by atoms with Gasteiger partial charge < -0.3 is 16.4 Å². The third kappa shape index (κ3) is 3.81. The van der Waals surface area contributed by atoms with E-state index in [9.17, 15) is 9.59 Å². The number of carbonyl (C=O) groups is 2. The van der Waals surface area contributed by atoms with Crippen LogP contribution in [-0.2, 0) is 9.59 Å². The minimum Gasteiger partial charge on any atom is -0.354 e. The Hall–Kier alpha value is -1.10. The van der Waals surface area contributed by atoms with Gasteiger partial charge >= 0.3 is 0 Å². The Morgan fingerprint density at radius 1 is 1.62 bits per heavy atom. The fraction of sp³-hybridized carbons (Fsp3) is 0.818. The second-order valence-corrected chi connectivity index (χ2v) is 4.67. The molecule has 2 unspecified atom stereocenters. The lowest BCUT2D eigenvalue weighted by Gasteiger charge is -2.24. The molecule has 0 aromatic carbocycles. The number of carbonyl (C=O) groups excluding carboxylic acids is 2. The third-order valence-electron chi connectivity index (χ3n) is 2.90. The number of amides is 2. The summed E-state index contributed by atoms with van der Waals surface area (Å²) < 4.78 is 0. The number of hydrogen-bond acceptors (Lipinski definition) is 3. The van der Waals surface area contributed by atoms with Gasteiger partial charge in [0.25, 0.3) is 0 Å². The average molecular weight is 227 g/mol. The van der Waals surface area contributed by atoms with Crippen molar-refractivity contribution >= 4 is 11.8 Å². The second-order valence-electron chi connectivity index (χ2n) is 4.67. The molecule has 92 valence electrons. The van der Waals surface area contributed by atoms with Crippen LogP contribution in [-0.4, -0.2) is 30.4 Å². The summed E-state index contributed by atoms with van der Waals surface area (Å²) in [5.41, 5.74) is 5.80. The fourth-order valence-electron chi connectivity index (χ4n) is 1.61. The monoisotopic (exact) mass is 227 g/mol. The Balaban J connectivity index is 2.35. The smallest absolute Gasteiger partial charge is 0.242 e. The molecular weight excluding hydrogens is 206 g/mol. The van der Waals surface area contributed by atoms with Gasteiger partial charge in [0.05, 0.1) is 0 Å². The summed E-state index contributed by atoms with van der Waals surface area (Å²) in [6.45, 7) is 4.66. The Kier molecular flexibility index (Phi) is 4.73. The molecule has 2 amide bonds. The van der Waals surface area contributed by atoms with E-state index in [2.05, 4.69) is 10.6 Å². The van der Waals surface area contributed by atoms with Crippen molar-refractivity contribution in [1.82, 2.24) is 10.6 Å². The SMILES string of the molecule is CC(C)C(N)CC(=O)NC1CCCNC1=O. The Bertz CT molecular complexity index is 266. The molecule has 0 aromatic heterocycles. The molecule has 0 spiro atoms. The molecule has 1 saturated heterocycles. The predicted molar refractivity (Wildman–Crippen MR) is 61.6 cm³/mol. The molecule has 0 bridgehead atoms. The van der Waals surface area contributed by atoms with Crippen LogP contribution in [0.3, 0.4) is 0 Å². The Morgan fingerprint density at radius 3 is 2.88 bits per heavy atom. The molecule has 5 nitrogen and oxygen atoms in total. The average Bonchev–Trinajstić information content (AvgIpc) is 2.21. The van der Waals surface area contributed by atoms with Crippen LogP contribution in [0.4, 0.5) is 0 Å². The van der Waals surface area contributed by atoms with Crippen LogP contribution in [0.5, 0.6) is 0 Å². The molecule has 1 aliphatic heterocycles. The Labute approximate surface area is 96.1 Å². The van der Waals surface area contributed by atoms with Crippen LogP contribution in [0, 0.1) is 5.92 Å². The van der Waals surface area contributed by atoms with E-state index in [1.54, 1.807) is 0 Å². The van der Waals surface area contributed by atoms with Crippen LogP contribution < -0.4 is 16.4 Å². The summed E-state index contributed by atoms with van der Waals surface area (Å²) in [7, 11) is 0. The van der Waals surface area contributed by atoms with E-state index in [1.807, 2.05) is 13.8 Å². The van der Waals surface area contributed by atoms with Crippen molar-refractivity contribution in [2.75, 3.05) is 6.54 Å². The summed E-state index contributed by atoms with van der Waals surface area (Å²) in [4.78, 5) is 23.0. The van der Waals surface area contributed by atoms with E-state index in [-0.39, 0.29) is 36.2 Å². The maximum atomic E-state index is 11.6. The Morgan fingerprint density at radius 2 is 2.31 bits per heavy atom. The van der Waals surface area contributed by atoms with Crippen molar-refractivity contribution in [2.24, 2.45) is 11.7 Å². The molecule has 16 heavy (non-hydrogen) atoms. The number of piperidine rings is 1. The van der Waals surface area contributed by atoms with Gasteiger partial charge in [-0.05, 0) is 18.8 Å². The minimum atomic E-state index is -0.374. The highest BCUT2D eigenvalue weighted by Gasteiger charge is 2.24. The highest BCUT2D eigenvalue weighted by molar-refractivity contribution is 5.88. The zero-order chi connectivity index (χ0) is 12.1. The molecule has 1 heterocycles. The predicted octanol–water partition coefficient (Wildman–Crippen LogP) is -0.245. The van der Waals surface area contributed by atoms with Gasteiger partial charge in [0.1, 0.15) is 6.04 Å². The van der Waals surface area contributed by atoms with E-state index >= 15 is 0 Å². The first kappa shape index (κ1) is 13.0. The van der Waals surface area contributed by atoms with Gasteiger partial charge in [-0.3, -0.25) is 9.59 Å². The van der Waals surface area contributed by atoms with Crippen molar-refractivity contribution in [3.63, 3.8) is 0 Å². The van der Waals surface area contributed by atoms with E-state index in [1.165, 1.54) is 0 Å². The minimum absolute atomic E-state index is 0.0854. The van der Waals surface area contributed by atoms with E-state index < -0.39 is 0 Å². The first-order valence-corrected chi connectivity index (χ1v) is 5.83. The summed E-state index contributed by atoms with van der Waals surface area (Å²) >= 11 is 0. The van der Waals surface area contributed by atoms with Gasteiger partial charge in [-0.1, -0.05) is 13.8 Å². The second kappa shape index (κ2) is 5.84. The lowest BCUT2D eigenvalue weighted by molar-refractivity contribution is -0.130. The summed E-state index contributed by atoms with van der Waals surface area (Å²) in [6.07, 6.45) is 1.91. The number of nitrogens with one attached hydrogen (secondary N) is 2. The largest absolute Gasteiger partial charge is 0.354 e. The van der Waals surface area contributed by atoms with Gasteiger partial charge in [0.15, 0.2) is 0 Å².